The summed E-state index contributed by atoms with van der Waals surface area (Å²) in [7, 11) is 3.66. The number of hydrogen-bond acceptors (Lipinski definition) is 5. The van der Waals surface area contributed by atoms with Crippen LogP contribution in [0.4, 0.5) is 0 Å². The van der Waals surface area contributed by atoms with Gasteiger partial charge in [0.1, 0.15) is 0 Å². The number of carbonyl (C=O) groups is 1. The topological polar surface area (TPSA) is 60.4 Å². The Balaban J connectivity index is 0.00000364. The smallest absolute Gasteiger partial charge is 0.310 e. The maximum absolute atomic E-state index is 11.9. The molecule has 158 valence electrons. The van der Waals surface area contributed by atoms with Crippen molar-refractivity contribution in [2.45, 2.75) is 26.7 Å². The number of piperazine rings is 1. The van der Waals surface area contributed by atoms with Crippen molar-refractivity contribution in [1.29, 1.82) is 0 Å². The van der Waals surface area contributed by atoms with Crippen molar-refractivity contribution in [2.75, 3.05) is 73.1 Å². The van der Waals surface area contributed by atoms with E-state index in [1.165, 1.54) is 46.3 Å². The molecule has 7 nitrogen and oxygen atoms in total. The fourth-order valence-corrected chi connectivity index (χ4v) is 3.73. The van der Waals surface area contributed by atoms with Crippen molar-refractivity contribution >= 4 is 35.9 Å². The summed E-state index contributed by atoms with van der Waals surface area (Å²) >= 11 is 0. The summed E-state index contributed by atoms with van der Waals surface area (Å²) in [6, 6.07) is 0. The van der Waals surface area contributed by atoms with Crippen LogP contribution in [0.5, 0.6) is 0 Å². The van der Waals surface area contributed by atoms with Gasteiger partial charge in [-0.2, -0.15) is 0 Å². The van der Waals surface area contributed by atoms with Crippen molar-refractivity contribution in [2.24, 2.45) is 16.8 Å². The largest absolute Gasteiger partial charge is 0.469 e. The summed E-state index contributed by atoms with van der Waals surface area (Å²) in [4.78, 5) is 23.8. The maximum atomic E-state index is 11.9. The third kappa shape index (κ3) is 7.73. The van der Waals surface area contributed by atoms with Gasteiger partial charge >= 0.3 is 5.97 Å². The van der Waals surface area contributed by atoms with E-state index in [9.17, 15) is 4.79 Å². The average Bonchev–Trinajstić information content (AvgIpc) is 3.03. The highest BCUT2D eigenvalue weighted by atomic mass is 127. The first kappa shape index (κ1) is 24.4. The molecule has 2 fully saturated rings. The number of ether oxygens (including phenoxy) is 1. The number of methoxy groups -OCH3 is 1. The third-order valence-corrected chi connectivity index (χ3v) is 5.49. The molecular formula is C19H38IN5O2. The van der Waals surface area contributed by atoms with E-state index in [1.807, 2.05) is 0 Å². The molecule has 0 radical (unpaired) electrons. The number of nitrogens with zero attached hydrogens (tertiary/aromatic N) is 4. The fourth-order valence-electron chi connectivity index (χ4n) is 3.73. The number of unbranched alkanes of at least 4 members (excludes halogenated alkanes) is 1. The molecule has 2 saturated heterocycles. The zero-order valence-corrected chi connectivity index (χ0v) is 19.8. The molecule has 2 rings (SSSR count). The predicted octanol–water partition coefficient (Wildman–Crippen LogP) is 1.34. The molecule has 0 aliphatic carbocycles. The standard InChI is InChI=1S/C19H37N5O2.HI/c1-5-20-19(24-14-16(2)17(15-24)18(25)26-4)21-8-6-7-9-23-12-10-22(3)11-13-23;/h16-17H,5-15H2,1-4H3,(H,20,21);1H. The van der Waals surface area contributed by atoms with Crippen molar-refractivity contribution < 1.29 is 9.53 Å². The number of esters is 1. The van der Waals surface area contributed by atoms with Crippen LogP contribution in [-0.2, 0) is 9.53 Å². The summed E-state index contributed by atoms with van der Waals surface area (Å²) in [5.74, 6) is 1.07. The minimum absolute atomic E-state index is 0. The first-order valence-electron chi connectivity index (χ1n) is 10.1. The van der Waals surface area contributed by atoms with E-state index in [0.717, 1.165) is 32.0 Å². The summed E-state index contributed by atoms with van der Waals surface area (Å²) in [6.45, 7) is 13.3. The number of likely N-dealkylation sites (tertiary alicyclic amines) is 1. The summed E-state index contributed by atoms with van der Waals surface area (Å²) in [5, 5.41) is 3.38. The second-order valence-electron chi connectivity index (χ2n) is 7.60. The summed E-state index contributed by atoms with van der Waals surface area (Å²) < 4.78 is 4.94. The van der Waals surface area contributed by atoms with Gasteiger partial charge in [-0.15, -0.1) is 24.0 Å². The molecule has 2 heterocycles. The van der Waals surface area contributed by atoms with Gasteiger partial charge in [-0.1, -0.05) is 6.92 Å². The highest BCUT2D eigenvalue weighted by Gasteiger charge is 2.36. The summed E-state index contributed by atoms with van der Waals surface area (Å²) in [6.07, 6.45) is 2.29. The molecule has 0 saturated carbocycles. The van der Waals surface area contributed by atoms with Crippen molar-refractivity contribution in [3.8, 4) is 0 Å². The van der Waals surface area contributed by atoms with Gasteiger partial charge in [0.25, 0.3) is 0 Å². The molecule has 0 aromatic rings. The van der Waals surface area contributed by atoms with Crippen LogP contribution in [0.1, 0.15) is 26.7 Å². The Kier molecular flexibility index (Phi) is 11.6. The van der Waals surface area contributed by atoms with Crippen LogP contribution in [0.3, 0.4) is 0 Å². The first-order valence-corrected chi connectivity index (χ1v) is 10.1. The van der Waals surface area contributed by atoms with E-state index >= 15 is 0 Å². The van der Waals surface area contributed by atoms with Crippen LogP contribution in [0, 0.1) is 11.8 Å². The minimum Gasteiger partial charge on any atom is -0.469 e. The molecular weight excluding hydrogens is 457 g/mol. The fraction of sp³-hybridized carbons (Fsp3) is 0.895. The van der Waals surface area contributed by atoms with E-state index in [4.69, 9.17) is 9.73 Å². The van der Waals surface area contributed by atoms with Gasteiger partial charge in [-0.05, 0) is 39.3 Å². The van der Waals surface area contributed by atoms with Crippen molar-refractivity contribution in [3.05, 3.63) is 0 Å². The predicted molar refractivity (Wildman–Crippen MR) is 121 cm³/mol. The van der Waals surface area contributed by atoms with Crippen molar-refractivity contribution in [1.82, 2.24) is 20.0 Å². The Morgan fingerprint density at radius 2 is 1.89 bits per heavy atom. The molecule has 0 spiro atoms. The van der Waals surface area contributed by atoms with E-state index in [0.29, 0.717) is 12.5 Å². The Labute approximate surface area is 181 Å². The molecule has 0 amide bonds. The number of carbonyl (C=O) groups excluding carboxylic acids is 1. The molecule has 0 bridgehead atoms. The van der Waals surface area contributed by atoms with Gasteiger partial charge in [0, 0.05) is 52.4 Å². The van der Waals surface area contributed by atoms with Gasteiger partial charge in [0.05, 0.1) is 13.0 Å². The Bertz CT molecular complexity index is 469. The van der Waals surface area contributed by atoms with Gasteiger partial charge in [0.2, 0.25) is 0 Å². The van der Waals surface area contributed by atoms with Crippen LogP contribution >= 0.6 is 24.0 Å². The quantitative estimate of drug-likeness (QED) is 0.189. The molecule has 2 aliphatic heterocycles. The molecule has 27 heavy (non-hydrogen) atoms. The zero-order chi connectivity index (χ0) is 18.9. The van der Waals surface area contributed by atoms with Crippen LogP contribution in [0.2, 0.25) is 0 Å². The van der Waals surface area contributed by atoms with E-state index in [-0.39, 0.29) is 35.9 Å². The number of nitrogens with one attached hydrogen (secondary N) is 1. The molecule has 0 aromatic carbocycles. The highest BCUT2D eigenvalue weighted by Crippen LogP contribution is 2.24. The number of likely N-dealkylation sites (N-methyl/N-ethyl adjacent to an activating group) is 1. The average molecular weight is 495 g/mol. The van der Waals surface area contributed by atoms with Gasteiger partial charge < -0.3 is 24.8 Å². The van der Waals surface area contributed by atoms with Crippen LogP contribution in [0.15, 0.2) is 4.99 Å². The van der Waals surface area contributed by atoms with Gasteiger partial charge in [-0.25, -0.2) is 0 Å². The van der Waals surface area contributed by atoms with Crippen LogP contribution in [0.25, 0.3) is 0 Å². The minimum atomic E-state index is -0.108. The lowest BCUT2D eigenvalue weighted by Crippen LogP contribution is -2.44. The second kappa shape index (κ2) is 12.8. The zero-order valence-electron chi connectivity index (χ0n) is 17.4. The highest BCUT2D eigenvalue weighted by molar-refractivity contribution is 14.0. The monoisotopic (exact) mass is 495 g/mol. The van der Waals surface area contributed by atoms with Gasteiger partial charge in [-0.3, -0.25) is 9.79 Å². The van der Waals surface area contributed by atoms with E-state index in [2.05, 4.69) is 40.9 Å². The lowest BCUT2D eigenvalue weighted by Gasteiger charge is -2.32. The number of aliphatic imine (C=N–C) groups is 1. The molecule has 1 N–H and O–H groups in total. The van der Waals surface area contributed by atoms with Crippen LogP contribution in [-0.4, -0.2) is 99.7 Å². The Morgan fingerprint density at radius 1 is 1.19 bits per heavy atom. The second-order valence-corrected chi connectivity index (χ2v) is 7.60. The van der Waals surface area contributed by atoms with Crippen LogP contribution < -0.4 is 5.32 Å². The molecule has 0 aromatic heterocycles. The van der Waals surface area contributed by atoms with E-state index < -0.39 is 0 Å². The number of hydrogen-bond donors (Lipinski definition) is 1. The number of rotatable bonds is 7. The first-order chi connectivity index (χ1) is 12.5. The molecule has 2 aliphatic rings. The van der Waals surface area contributed by atoms with Crippen molar-refractivity contribution in [3.63, 3.8) is 0 Å². The Morgan fingerprint density at radius 3 is 2.52 bits per heavy atom. The molecule has 2 atom stereocenters. The maximum Gasteiger partial charge on any atom is 0.310 e. The molecule has 8 heteroatoms. The number of halogens is 1. The van der Waals surface area contributed by atoms with Gasteiger partial charge in [0.15, 0.2) is 5.96 Å². The number of guanidine groups is 1. The third-order valence-electron chi connectivity index (χ3n) is 5.49. The van der Waals surface area contributed by atoms with E-state index in [1.54, 1.807) is 0 Å². The molecule has 2 unspecified atom stereocenters. The lowest BCUT2D eigenvalue weighted by molar-refractivity contribution is -0.145. The SMILES string of the molecule is CCNC(=NCCCCN1CCN(C)CC1)N1CC(C)C(C(=O)OC)C1.I. The normalized spacial score (nSPS) is 24.6. The Hall–Kier alpha value is -0.610. The lowest BCUT2D eigenvalue weighted by atomic mass is 9.99. The summed E-state index contributed by atoms with van der Waals surface area (Å²) in [5.41, 5.74) is 0.